The van der Waals surface area contributed by atoms with Crippen molar-refractivity contribution in [1.29, 1.82) is 0 Å². The van der Waals surface area contributed by atoms with Gasteiger partial charge in [0.05, 0.1) is 5.56 Å². The second kappa shape index (κ2) is 6.50. The van der Waals surface area contributed by atoms with Crippen molar-refractivity contribution in [2.75, 3.05) is 11.9 Å². The van der Waals surface area contributed by atoms with Crippen molar-refractivity contribution in [3.8, 4) is 11.8 Å². The van der Waals surface area contributed by atoms with Crippen molar-refractivity contribution in [2.24, 2.45) is 0 Å². The Morgan fingerprint density at radius 1 is 1.20 bits per heavy atom. The number of carbonyl (C=O) groups excluding carboxylic acids is 1. The molecule has 0 aromatic heterocycles. The lowest BCUT2D eigenvalue weighted by Crippen LogP contribution is -2.13. The summed E-state index contributed by atoms with van der Waals surface area (Å²) in [6.07, 6.45) is 0. The fraction of sp³-hybridized carbons (Fsp3) is 0.0625. The Labute approximate surface area is 116 Å². The van der Waals surface area contributed by atoms with Crippen LogP contribution < -0.4 is 5.32 Å². The summed E-state index contributed by atoms with van der Waals surface area (Å²) in [5.41, 5.74) is 1.26. The highest BCUT2D eigenvalue weighted by Crippen LogP contribution is 2.13. The van der Waals surface area contributed by atoms with Gasteiger partial charge in [-0.3, -0.25) is 4.79 Å². The molecule has 0 aliphatic heterocycles. The topological polar surface area (TPSA) is 49.3 Å². The zero-order chi connectivity index (χ0) is 14.4. The molecule has 2 N–H and O–H groups in total. The highest BCUT2D eigenvalue weighted by molar-refractivity contribution is 6.05. The van der Waals surface area contributed by atoms with Crippen LogP contribution in [-0.4, -0.2) is 17.6 Å². The highest BCUT2D eigenvalue weighted by atomic mass is 19.1. The summed E-state index contributed by atoms with van der Waals surface area (Å²) in [5, 5.41) is 11.3. The summed E-state index contributed by atoms with van der Waals surface area (Å²) in [5.74, 6) is 4.41. The number of hydrogen-bond acceptors (Lipinski definition) is 2. The van der Waals surface area contributed by atoms with E-state index in [0.29, 0.717) is 16.8 Å². The number of hydrogen-bond donors (Lipinski definition) is 2. The molecule has 0 unspecified atom stereocenters. The summed E-state index contributed by atoms with van der Waals surface area (Å²) in [6, 6.07) is 12.4. The summed E-state index contributed by atoms with van der Waals surface area (Å²) in [4.78, 5) is 12.1. The summed E-state index contributed by atoms with van der Waals surface area (Å²) < 4.78 is 13.1. The number of rotatable bonds is 2. The maximum atomic E-state index is 13.1. The molecule has 0 fully saturated rings. The third-order valence-corrected chi connectivity index (χ3v) is 2.56. The van der Waals surface area contributed by atoms with Crippen LogP contribution in [0.2, 0.25) is 0 Å². The maximum Gasteiger partial charge on any atom is 0.256 e. The van der Waals surface area contributed by atoms with Gasteiger partial charge in [0.2, 0.25) is 0 Å². The van der Waals surface area contributed by atoms with E-state index in [0.717, 1.165) is 0 Å². The molecule has 20 heavy (non-hydrogen) atoms. The van der Waals surface area contributed by atoms with Crippen LogP contribution in [0, 0.1) is 17.7 Å². The van der Waals surface area contributed by atoms with Gasteiger partial charge in [0.15, 0.2) is 0 Å². The van der Waals surface area contributed by atoms with Crippen molar-refractivity contribution in [3.05, 3.63) is 65.5 Å². The number of carbonyl (C=O) groups is 1. The van der Waals surface area contributed by atoms with Gasteiger partial charge in [0, 0.05) is 11.3 Å². The minimum Gasteiger partial charge on any atom is -0.384 e. The molecule has 0 spiro atoms. The van der Waals surface area contributed by atoms with E-state index in [-0.39, 0.29) is 12.5 Å². The van der Waals surface area contributed by atoms with Gasteiger partial charge in [0.1, 0.15) is 12.4 Å². The first-order valence-electron chi connectivity index (χ1n) is 5.96. The van der Waals surface area contributed by atoms with Gasteiger partial charge in [-0.1, -0.05) is 30.0 Å². The Hall–Kier alpha value is -2.64. The monoisotopic (exact) mass is 269 g/mol. The van der Waals surface area contributed by atoms with Crippen molar-refractivity contribution >= 4 is 11.6 Å². The molecule has 0 aliphatic rings. The molecule has 0 heterocycles. The number of aliphatic hydroxyl groups excluding tert-OH is 1. The van der Waals surface area contributed by atoms with E-state index in [4.69, 9.17) is 5.11 Å². The predicted octanol–water partition coefficient (Wildman–Crippen LogP) is 2.42. The molecule has 0 radical (unpaired) electrons. The maximum absolute atomic E-state index is 13.1. The third kappa shape index (κ3) is 3.44. The normalized spacial score (nSPS) is 9.50. The Bertz CT molecular complexity index is 686. The minimum atomic E-state index is -0.420. The molecule has 0 bridgehead atoms. The van der Waals surface area contributed by atoms with Crippen LogP contribution in [0.15, 0.2) is 48.5 Å². The Kier molecular flexibility index (Phi) is 4.48. The molecular formula is C16H12FNO2. The SMILES string of the molecule is O=C(Nc1cccc(F)c1)c1ccccc1C#CCO. The van der Waals surface area contributed by atoms with Crippen LogP contribution in [0.3, 0.4) is 0 Å². The van der Waals surface area contributed by atoms with E-state index >= 15 is 0 Å². The molecule has 0 saturated heterocycles. The number of halogens is 1. The van der Waals surface area contributed by atoms with Crippen molar-refractivity contribution in [1.82, 2.24) is 0 Å². The van der Waals surface area contributed by atoms with Crippen molar-refractivity contribution in [2.45, 2.75) is 0 Å². The Morgan fingerprint density at radius 2 is 2.00 bits per heavy atom. The smallest absolute Gasteiger partial charge is 0.256 e. The molecular weight excluding hydrogens is 257 g/mol. The zero-order valence-corrected chi connectivity index (χ0v) is 10.6. The van der Waals surface area contributed by atoms with E-state index in [1.807, 2.05) is 0 Å². The van der Waals surface area contributed by atoms with E-state index in [1.54, 1.807) is 30.3 Å². The fourth-order valence-electron chi connectivity index (χ4n) is 1.69. The first-order chi connectivity index (χ1) is 9.70. The second-order valence-corrected chi connectivity index (χ2v) is 3.97. The minimum absolute atomic E-state index is 0.278. The lowest BCUT2D eigenvalue weighted by atomic mass is 10.1. The first-order valence-corrected chi connectivity index (χ1v) is 5.96. The average molecular weight is 269 g/mol. The van der Waals surface area contributed by atoms with E-state index in [2.05, 4.69) is 17.2 Å². The molecule has 0 aliphatic carbocycles. The average Bonchev–Trinajstić information content (AvgIpc) is 2.45. The van der Waals surface area contributed by atoms with Crippen LogP contribution in [0.1, 0.15) is 15.9 Å². The van der Waals surface area contributed by atoms with Gasteiger partial charge in [-0.2, -0.15) is 0 Å². The number of benzene rings is 2. The van der Waals surface area contributed by atoms with Crippen molar-refractivity contribution in [3.63, 3.8) is 0 Å². The summed E-state index contributed by atoms with van der Waals surface area (Å²) in [6.45, 7) is -0.278. The molecule has 100 valence electrons. The first kappa shape index (κ1) is 13.8. The molecule has 2 aromatic carbocycles. The van der Waals surface area contributed by atoms with E-state index in [9.17, 15) is 9.18 Å². The lowest BCUT2D eigenvalue weighted by Gasteiger charge is -2.07. The predicted molar refractivity (Wildman–Crippen MR) is 74.8 cm³/mol. The molecule has 4 heteroatoms. The Morgan fingerprint density at radius 3 is 2.75 bits per heavy atom. The third-order valence-electron chi connectivity index (χ3n) is 2.56. The van der Waals surface area contributed by atoms with Gasteiger partial charge in [-0.15, -0.1) is 0 Å². The van der Waals surface area contributed by atoms with E-state index in [1.165, 1.54) is 18.2 Å². The van der Waals surface area contributed by atoms with Crippen molar-refractivity contribution < 1.29 is 14.3 Å². The zero-order valence-electron chi connectivity index (χ0n) is 10.6. The highest BCUT2D eigenvalue weighted by Gasteiger charge is 2.10. The molecule has 0 atom stereocenters. The number of anilines is 1. The summed E-state index contributed by atoms with van der Waals surface area (Å²) >= 11 is 0. The van der Waals surface area contributed by atoms with Gasteiger partial charge < -0.3 is 10.4 Å². The standard InChI is InChI=1S/C16H12FNO2/c17-13-7-3-8-14(11-13)18-16(20)15-9-2-1-5-12(15)6-4-10-19/h1-3,5,7-9,11,19H,10H2,(H,18,20). The van der Waals surface area contributed by atoms with Gasteiger partial charge >= 0.3 is 0 Å². The van der Waals surface area contributed by atoms with Gasteiger partial charge in [-0.05, 0) is 30.3 Å². The van der Waals surface area contributed by atoms with Crippen LogP contribution in [0.5, 0.6) is 0 Å². The van der Waals surface area contributed by atoms with Crippen LogP contribution >= 0.6 is 0 Å². The Balaban J connectivity index is 2.25. The van der Waals surface area contributed by atoms with Crippen LogP contribution in [0.4, 0.5) is 10.1 Å². The lowest BCUT2D eigenvalue weighted by molar-refractivity contribution is 0.102. The second-order valence-electron chi connectivity index (χ2n) is 3.97. The number of nitrogens with one attached hydrogen (secondary N) is 1. The molecule has 0 saturated carbocycles. The largest absolute Gasteiger partial charge is 0.384 e. The molecule has 2 rings (SSSR count). The van der Waals surface area contributed by atoms with Crippen LogP contribution in [-0.2, 0) is 0 Å². The van der Waals surface area contributed by atoms with Crippen LogP contribution in [0.25, 0.3) is 0 Å². The fourth-order valence-corrected chi connectivity index (χ4v) is 1.69. The quantitative estimate of drug-likeness (QED) is 0.823. The van der Waals surface area contributed by atoms with E-state index < -0.39 is 5.82 Å². The molecule has 1 amide bonds. The van der Waals surface area contributed by atoms with Gasteiger partial charge in [-0.25, -0.2) is 4.39 Å². The number of aliphatic hydroxyl groups is 1. The summed E-state index contributed by atoms with van der Waals surface area (Å²) in [7, 11) is 0. The molecule has 2 aromatic rings. The number of amides is 1. The van der Waals surface area contributed by atoms with Gasteiger partial charge in [0.25, 0.3) is 5.91 Å². The molecule has 3 nitrogen and oxygen atoms in total.